The summed E-state index contributed by atoms with van der Waals surface area (Å²) in [7, 11) is 0. The number of hydrogen-bond acceptors (Lipinski definition) is 5. The Kier molecular flexibility index (Phi) is 6.25. The number of aromatic nitrogens is 5. The Labute approximate surface area is 208 Å². The first-order chi connectivity index (χ1) is 16.3. The van der Waals surface area contributed by atoms with Crippen LogP contribution in [-0.2, 0) is 11.2 Å². The minimum atomic E-state index is -0.139. The van der Waals surface area contributed by atoms with Crippen LogP contribution in [0.2, 0.25) is 5.02 Å². The third kappa shape index (κ3) is 4.64. The predicted octanol–water partition coefficient (Wildman–Crippen LogP) is 6.31. The Bertz CT molecular complexity index is 1380. The fourth-order valence-electron chi connectivity index (χ4n) is 4.52. The van der Waals surface area contributed by atoms with E-state index in [4.69, 9.17) is 11.6 Å². The van der Waals surface area contributed by atoms with Gasteiger partial charge in [0, 0.05) is 29.6 Å². The summed E-state index contributed by atoms with van der Waals surface area (Å²) in [5, 5.41) is 10.6. The second-order valence-corrected chi connectivity index (χ2v) is 11.3. The maximum atomic E-state index is 12.5. The quantitative estimate of drug-likeness (QED) is 0.305. The van der Waals surface area contributed by atoms with Crippen LogP contribution >= 0.6 is 23.4 Å². The monoisotopic (exact) mass is 493 g/mol. The standard InChI is InChI=1S/C26H28ClN5OS/c1-26(2,3)18-10-8-17(9-11-18)24-29-30-25(32(24)21-6-4-5-7-21)34-16-20-14-23(33)31-15-19(27)12-13-22(31)28-20/h8-15,21H,4-7,16H2,1-3H3. The van der Waals surface area contributed by atoms with Gasteiger partial charge >= 0.3 is 0 Å². The fraction of sp³-hybridized carbons (Fsp3) is 0.385. The summed E-state index contributed by atoms with van der Waals surface area (Å²) >= 11 is 7.61. The number of nitrogens with zero attached hydrogens (tertiary/aromatic N) is 5. The molecule has 3 heterocycles. The Hall–Kier alpha value is -2.64. The average molecular weight is 494 g/mol. The highest BCUT2D eigenvalue weighted by Crippen LogP contribution is 2.37. The molecule has 0 radical (unpaired) electrons. The topological polar surface area (TPSA) is 65.1 Å². The molecule has 1 aliphatic rings. The van der Waals surface area contributed by atoms with E-state index in [2.05, 4.69) is 64.8 Å². The highest BCUT2D eigenvalue weighted by Gasteiger charge is 2.25. The van der Waals surface area contributed by atoms with E-state index in [9.17, 15) is 4.79 Å². The maximum Gasteiger partial charge on any atom is 0.258 e. The summed E-state index contributed by atoms with van der Waals surface area (Å²) in [6.07, 6.45) is 6.31. The molecule has 5 rings (SSSR count). The van der Waals surface area contributed by atoms with E-state index in [1.165, 1.54) is 22.8 Å². The zero-order valence-corrected chi connectivity index (χ0v) is 21.2. The van der Waals surface area contributed by atoms with Crippen molar-refractivity contribution in [3.05, 3.63) is 75.3 Å². The molecule has 4 aromatic rings. The number of rotatable bonds is 5. The molecule has 1 saturated carbocycles. The third-order valence-corrected chi connectivity index (χ3v) is 7.59. The number of pyridine rings is 1. The fourth-order valence-corrected chi connectivity index (χ4v) is 5.58. The van der Waals surface area contributed by atoms with Gasteiger partial charge in [0.2, 0.25) is 0 Å². The molecule has 3 aromatic heterocycles. The van der Waals surface area contributed by atoms with Crippen molar-refractivity contribution in [2.45, 2.75) is 68.8 Å². The van der Waals surface area contributed by atoms with Crippen LogP contribution in [0.15, 0.2) is 58.6 Å². The lowest BCUT2D eigenvalue weighted by atomic mass is 9.86. The molecule has 0 unspecified atom stereocenters. The summed E-state index contributed by atoms with van der Waals surface area (Å²) in [5.74, 6) is 1.46. The van der Waals surface area contributed by atoms with Gasteiger partial charge in [0.15, 0.2) is 11.0 Å². The number of thioether (sulfide) groups is 1. The van der Waals surface area contributed by atoms with Gasteiger partial charge in [-0.15, -0.1) is 10.2 Å². The zero-order chi connectivity index (χ0) is 23.9. The van der Waals surface area contributed by atoms with Crippen LogP contribution in [0.1, 0.15) is 63.8 Å². The SMILES string of the molecule is CC(C)(C)c1ccc(-c2nnc(SCc3cc(=O)n4cc(Cl)ccc4n3)n2C2CCCC2)cc1. The van der Waals surface area contributed by atoms with Gasteiger partial charge in [0.1, 0.15) is 5.65 Å². The van der Waals surface area contributed by atoms with E-state index in [1.807, 2.05) is 0 Å². The minimum absolute atomic E-state index is 0.107. The second kappa shape index (κ2) is 9.19. The second-order valence-electron chi connectivity index (χ2n) is 9.89. The lowest BCUT2D eigenvalue weighted by Gasteiger charge is -2.20. The van der Waals surface area contributed by atoms with Crippen molar-refractivity contribution in [2.75, 3.05) is 0 Å². The molecular formula is C26H28ClN5OS. The summed E-state index contributed by atoms with van der Waals surface area (Å²) in [6.45, 7) is 6.66. The van der Waals surface area contributed by atoms with Gasteiger partial charge in [-0.05, 0) is 36.0 Å². The van der Waals surface area contributed by atoms with E-state index in [-0.39, 0.29) is 11.0 Å². The molecule has 1 aromatic carbocycles. The van der Waals surface area contributed by atoms with Crippen LogP contribution in [0.5, 0.6) is 0 Å². The van der Waals surface area contributed by atoms with Crippen molar-refractivity contribution < 1.29 is 0 Å². The molecule has 0 amide bonds. The largest absolute Gasteiger partial charge is 0.299 e. The highest BCUT2D eigenvalue weighted by molar-refractivity contribution is 7.98. The Balaban J connectivity index is 1.45. The predicted molar refractivity (Wildman–Crippen MR) is 138 cm³/mol. The number of fused-ring (bicyclic) bond motifs is 1. The summed E-state index contributed by atoms with van der Waals surface area (Å²) < 4.78 is 3.77. The molecule has 34 heavy (non-hydrogen) atoms. The summed E-state index contributed by atoms with van der Waals surface area (Å²) in [5.41, 5.74) is 3.65. The molecule has 1 aliphatic carbocycles. The van der Waals surface area contributed by atoms with Crippen molar-refractivity contribution in [1.82, 2.24) is 24.1 Å². The average Bonchev–Trinajstić information content (AvgIpc) is 3.47. The molecule has 6 nitrogen and oxygen atoms in total. The Morgan fingerprint density at radius 2 is 1.79 bits per heavy atom. The zero-order valence-electron chi connectivity index (χ0n) is 19.7. The molecule has 176 valence electrons. The van der Waals surface area contributed by atoms with E-state index in [1.54, 1.807) is 36.2 Å². The highest BCUT2D eigenvalue weighted by atomic mass is 35.5. The van der Waals surface area contributed by atoms with Gasteiger partial charge in [-0.1, -0.05) is 81.2 Å². The van der Waals surface area contributed by atoms with E-state index < -0.39 is 0 Å². The van der Waals surface area contributed by atoms with Gasteiger partial charge in [-0.25, -0.2) is 4.98 Å². The molecule has 0 aliphatic heterocycles. The third-order valence-electron chi connectivity index (χ3n) is 6.39. The first kappa shape index (κ1) is 23.1. The van der Waals surface area contributed by atoms with Crippen molar-refractivity contribution in [2.24, 2.45) is 0 Å². The van der Waals surface area contributed by atoms with Crippen LogP contribution < -0.4 is 5.56 Å². The molecule has 0 saturated heterocycles. The molecule has 0 N–H and O–H groups in total. The maximum absolute atomic E-state index is 12.5. The van der Waals surface area contributed by atoms with Crippen molar-refractivity contribution in [3.63, 3.8) is 0 Å². The van der Waals surface area contributed by atoms with Crippen LogP contribution in [0.3, 0.4) is 0 Å². The van der Waals surface area contributed by atoms with Crippen molar-refractivity contribution in [3.8, 4) is 11.4 Å². The normalized spacial score (nSPS) is 14.8. The molecule has 0 atom stereocenters. The van der Waals surface area contributed by atoms with Crippen molar-refractivity contribution in [1.29, 1.82) is 0 Å². The smallest absolute Gasteiger partial charge is 0.258 e. The van der Waals surface area contributed by atoms with Crippen molar-refractivity contribution >= 4 is 29.0 Å². The van der Waals surface area contributed by atoms with Gasteiger partial charge in [0.25, 0.3) is 5.56 Å². The Morgan fingerprint density at radius 1 is 1.06 bits per heavy atom. The summed E-state index contributed by atoms with van der Waals surface area (Å²) in [6, 6.07) is 14.2. The van der Waals surface area contributed by atoms with E-state index in [0.29, 0.717) is 22.5 Å². The van der Waals surface area contributed by atoms with Crippen LogP contribution in [0.25, 0.3) is 17.0 Å². The van der Waals surface area contributed by atoms with Gasteiger partial charge in [-0.3, -0.25) is 13.8 Å². The van der Waals surface area contributed by atoms with Crippen LogP contribution in [-0.4, -0.2) is 24.1 Å². The van der Waals surface area contributed by atoms with Gasteiger partial charge < -0.3 is 0 Å². The van der Waals surface area contributed by atoms with Gasteiger partial charge in [0.05, 0.1) is 10.7 Å². The molecule has 8 heteroatoms. The first-order valence-electron chi connectivity index (χ1n) is 11.7. The lowest BCUT2D eigenvalue weighted by Crippen LogP contribution is -2.15. The van der Waals surface area contributed by atoms with Gasteiger partial charge in [-0.2, -0.15) is 0 Å². The van der Waals surface area contributed by atoms with Crippen LogP contribution in [0.4, 0.5) is 0 Å². The number of hydrogen-bond donors (Lipinski definition) is 0. The number of halogens is 1. The van der Waals surface area contributed by atoms with Crippen LogP contribution in [0, 0.1) is 0 Å². The molecule has 0 spiro atoms. The summed E-state index contributed by atoms with van der Waals surface area (Å²) in [4.78, 5) is 17.2. The van der Waals surface area contributed by atoms with E-state index >= 15 is 0 Å². The lowest BCUT2D eigenvalue weighted by molar-refractivity contribution is 0.485. The first-order valence-corrected chi connectivity index (χ1v) is 13.0. The number of benzene rings is 1. The molecular weight excluding hydrogens is 466 g/mol. The minimum Gasteiger partial charge on any atom is -0.299 e. The molecule has 1 fully saturated rings. The molecule has 0 bridgehead atoms. The Morgan fingerprint density at radius 3 is 2.50 bits per heavy atom. The van der Waals surface area contributed by atoms with E-state index in [0.717, 1.165) is 35.1 Å².